The number of carbonyl (C=O) groups excluding carboxylic acids is 1. The minimum absolute atomic E-state index is 0.0304. The average molecular weight is 520 g/mol. The number of benzene rings is 2. The summed E-state index contributed by atoms with van der Waals surface area (Å²) >= 11 is 0. The van der Waals surface area contributed by atoms with Gasteiger partial charge in [0.15, 0.2) is 5.65 Å². The maximum atomic E-state index is 12.6. The Bertz CT molecular complexity index is 1560. The van der Waals surface area contributed by atoms with Gasteiger partial charge < -0.3 is 15.8 Å². The lowest BCUT2D eigenvalue weighted by atomic mass is 9.91. The fourth-order valence-electron chi connectivity index (χ4n) is 5.15. The van der Waals surface area contributed by atoms with Gasteiger partial charge in [-0.1, -0.05) is 24.3 Å². The van der Waals surface area contributed by atoms with Crippen LogP contribution in [0.4, 0.5) is 5.82 Å². The molecule has 0 saturated heterocycles. The predicted octanol–water partition coefficient (Wildman–Crippen LogP) is 5.33. The molecule has 0 radical (unpaired) electrons. The quantitative estimate of drug-likeness (QED) is 0.249. The molecule has 2 heterocycles. The van der Waals surface area contributed by atoms with Crippen molar-refractivity contribution in [2.75, 3.05) is 5.73 Å². The summed E-state index contributed by atoms with van der Waals surface area (Å²) in [6.07, 6.45) is 8.63. The van der Waals surface area contributed by atoms with Crippen molar-refractivity contribution in [1.82, 2.24) is 25.1 Å². The molecule has 0 bridgehead atoms. The van der Waals surface area contributed by atoms with Crippen LogP contribution in [0.2, 0.25) is 0 Å². The molecule has 0 aliphatic heterocycles. The van der Waals surface area contributed by atoms with Crippen LogP contribution in [0.5, 0.6) is 11.5 Å². The first-order valence-electron chi connectivity index (χ1n) is 13.3. The van der Waals surface area contributed by atoms with Crippen molar-refractivity contribution in [3.8, 4) is 28.8 Å². The number of nitrogens with zero attached hydrogens (tertiary/aromatic N) is 5. The van der Waals surface area contributed by atoms with E-state index < -0.39 is 0 Å². The molecule has 4 aromatic rings. The van der Waals surface area contributed by atoms with Gasteiger partial charge in [-0.15, -0.1) is 0 Å². The van der Waals surface area contributed by atoms with Crippen molar-refractivity contribution in [3.63, 3.8) is 0 Å². The third-order valence-electron chi connectivity index (χ3n) is 7.39. The molecule has 1 amide bonds. The molecule has 2 aliphatic rings. The number of nitrogens with one attached hydrogen (secondary N) is 1. The van der Waals surface area contributed by atoms with Gasteiger partial charge in [-0.05, 0) is 80.8 Å². The van der Waals surface area contributed by atoms with Crippen molar-refractivity contribution in [1.29, 1.82) is 5.26 Å². The largest absolute Gasteiger partial charge is 0.457 e. The molecule has 2 aliphatic carbocycles. The normalized spacial score (nSPS) is 19.4. The molecular formula is C30H29N7O2. The van der Waals surface area contributed by atoms with E-state index in [1.807, 2.05) is 65.4 Å². The lowest BCUT2D eigenvalue weighted by molar-refractivity contribution is -0.118. The van der Waals surface area contributed by atoms with Crippen LogP contribution >= 0.6 is 0 Å². The number of nitrogen functional groups attached to an aromatic ring is 1. The second kappa shape index (κ2) is 10.6. The molecule has 39 heavy (non-hydrogen) atoms. The number of nitrogens with two attached hydrogens (primary N) is 1. The number of carbonyl (C=O) groups is 1. The number of hydrogen-bond donors (Lipinski definition) is 2. The summed E-state index contributed by atoms with van der Waals surface area (Å²) in [6.45, 7) is 0. The first kappa shape index (κ1) is 24.6. The van der Waals surface area contributed by atoms with Crippen LogP contribution in [0.3, 0.4) is 0 Å². The highest BCUT2D eigenvalue weighted by molar-refractivity contribution is 5.98. The molecular weight excluding hydrogens is 490 g/mol. The van der Waals surface area contributed by atoms with Gasteiger partial charge >= 0.3 is 0 Å². The van der Waals surface area contributed by atoms with Crippen molar-refractivity contribution in [2.24, 2.45) is 5.92 Å². The van der Waals surface area contributed by atoms with E-state index >= 15 is 0 Å². The Morgan fingerprint density at radius 1 is 1.00 bits per heavy atom. The number of anilines is 1. The first-order chi connectivity index (χ1) is 19.1. The molecule has 2 aromatic heterocycles. The zero-order valence-electron chi connectivity index (χ0n) is 21.5. The predicted molar refractivity (Wildman–Crippen MR) is 148 cm³/mol. The second-order valence-corrected chi connectivity index (χ2v) is 10.2. The van der Waals surface area contributed by atoms with Gasteiger partial charge in [0, 0.05) is 11.6 Å². The molecule has 3 N–H and O–H groups in total. The van der Waals surface area contributed by atoms with Crippen molar-refractivity contribution < 1.29 is 9.53 Å². The SMILES string of the molecule is N#CC(=CC1CC1)C(=O)N[C@H]1CC[C@H](n2nc(-c3ccc(Oc4ccccc4)cc3)c3c(N)ncnc32)CC1. The van der Waals surface area contributed by atoms with Gasteiger partial charge in [-0.2, -0.15) is 10.4 Å². The Balaban J connectivity index is 1.19. The third-order valence-corrected chi connectivity index (χ3v) is 7.39. The highest BCUT2D eigenvalue weighted by atomic mass is 16.5. The van der Waals surface area contributed by atoms with Crippen molar-refractivity contribution in [3.05, 3.63) is 72.6 Å². The van der Waals surface area contributed by atoms with E-state index in [0.29, 0.717) is 17.4 Å². The number of rotatable bonds is 7. The van der Waals surface area contributed by atoms with E-state index in [4.69, 9.17) is 15.6 Å². The number of para-hydroxylation sites is 1. The maximum absolute atomic E-state index is 12.6. The van der Waals surface area contributed by atoms with Gasteiger partial charge in [0.1, 0.15) is 41.0 Å². The van der Waals surface area contributed by atoms with Crippen molar-refractivity contribution in [2.45, 2.75) is 50.6 Å². The maximum Gasteiger partial charge on any atom is 0.261 e. The lowest BCUT2D eigenvalue weighted by Gasteiger charge is -2.29. The van der Waals surface area contributed by atoms with Crippen LogP contribution in [-0.4, -0.2) is 31.7 Å². The third kappa shape index (κ3) is 5.32. The summed E-state index contributed by atoms with van der Waals surface area (Å²) in [5.41, 5.74) is 8.88. The van der Waals surface area contributed by atoms with E-state index in [-0.39, 0.29) is 23.6 Å². The molecule has 6 rings (SSSR count). The molecule has 2 saturated carbocycles. The minimum Gasteiger partial charge on any atom is -0.457 e. The Morgan fingerprint density at radius 2 is 1.72 bits per heavy atom. The van der Waals surface area contributed by atoms with Crippen LogP contribution in [0.1, 0.15) is 44.6 Å². The molecule has 0 spiro atoms. The molecule has 2 fully saturated rings. The van der Waals surface area contributed by atoms with Crippen LogP contribution in [-0.2, 0) is 4.79 Å². The lowest BCUT2D eigenvalue weighted by Crippen LogP contribution is -2.38. The number of aromatic nitrogens is 4. The Kier molecular flexibility index (Phi) is 6.68. The zero-order valence-corrected chi connectivity index (χ0v) is 21.5. The zero-order chi connectivity index (χ0) is 26.8. The summed E-state index contributed by atoms with van der Waals surface area (Å²) in [4.78, 5) is 21.4. The van der Waals surface area contributed by atoms with Gasteiger partial charge in [0.2, 0.25) is 0 Å². The first-order valence-corrected chi connectivity index (χ1v) is 13.3. The van der Waals surface area contributed by atoms with Crippen LogP contribution in [0.25, 0.3) is 22.3 Å². The van der Waals surface area contributed by atoms with Crippen LogP contribution in [0.15, 0.2) is 72.6 Å². The van der Waals surface area contributed by atoms with E-state index in [1.54, 1.807) is 0 Å². The Hall–Kier alpha value is -4.71. The standard InChI is InChI=1S/C30H29N7O2/c31-17-21(16-19-6-7-19)30(38)35-22-10-12-23(13-11-22)37-29-26(28(32)33-18-34-29)27(36-37)20-8-14-25(15-9-20)39-24-4-2-1-3-5-24/h1-5,8-9,14-16,18-19,22-23H,6-7,10-13H2,(H,35,38)(H2,32,33,34)/t22-,23-. The number of amides is 1. The highest BCUT2D eigenvalue weighted by Crippen LogP contribution is 2.37. The van der Waals surface area contributed by atoms with E-state index in [2.05, 4.69) is 21.4 Å². The van der Waals surface area contributed by atoms with Crippen LogP contribution in [0, 0.1) is 17.2 Å². The summed E-state index contributed by atoms with van der Waals surface area (Å²) in [7, 11) is 0. The molecule has 9 heteroatoms. The average Bonchev–Trinajstić information content (AvgIpc) is 3.70. The van der Waals surface area contributed by atoms with Crippen molar-refractivity contribution >= 4 is 22.8 Å². The Morgan fingerprint density at radius 3 is 2.41 bits per heavy atom. The number of fused-ring (bicyclic) bond motifs is 1. The number of hydrogen-bond acceptors (Lipinski definition) is 7. The van der Waals surface area contributed by atoms with E-state index in [1.165, 1.54) is 6.33 Å². The summed E-state index contributed by atoms with van der Waals surface area (Å²) < 4.78 is 7.90. The summed E-state index contributed by atoms with van der Waals surface area (Å²) in [5, 5.41) is 18.1. The summed E-state index contributed by atoms with van der Waals surface area (Å²) in [5.74, 6) is 2.00. The van der Waals surface area contributed by atoms with Gasteiger partial charge in [0.25, 0.3) is 5.91 Å². The minimum atomic E-state index is -0.264. The molecule has 196 valence electrons. The fraction of sp³-hybridized carbons (Fsp3) is 0.300. The summed E-state index contributed by atoms with van der Waals surface area (Å²) in [6, 6.07) is 19.6. The number of ether oxygens (including phenoxy) is 1. The Labute approximate surface area is 226 Å². The number of allylic oxidation sites excluding steroid dienone is 1. The molecule has 0 unspecified atom stereocenters. The number of nitriles is 1. The van der Waals surface area contributed by atoms with E-state index in [9.17, 15) is 10.1 Å². The highest BCUT2D eigenvalue weighted by Gasteiger charge is 2.29. The van der Waals surface area contributed by atoms with Crippen LogP contribution < -0.4 is 15.8 Å². The monoisotopic (exact) mass is 519 g/mol. The van der Waals surface area contributed by atoms with Gasteiger partial charge in [-0.3, -0.25) is 4.79 Å². The van der Waals surface area contributed by atoms with Gasteiger partial charge in [0.05, 0.1) is 11.4 Å². The second-order valence-electron chi connectivity index (χ2n) is 10.2. The molecule has 9 nitrogen and oxygen atoms in total. The van der Waals surface area contributed by atoms with E-state index in [0.717, 1.165) is 66.7 Å². The van der Waals surface area contributed by atoms with Gasteiger partial charge in [-0.25, -0.2) is 14.6 Å². The topological polar surface area (TPSA) is 132 Å². The fourth-order valence-corrected chi connectivity index (χ4v) is 5.15. The molecule has 0 atom stereocenters. The smallest absolute Gasteiger partial charge is 0.261 e. The molecule has 2 aromatic carbocycles.